The lowest BCUT2D eigenvalue weighted by Crippen LogP contribution is -2.40. The van der Waals surface area contributed by atoms with Crippen LogP contribution >= 0.6 is 0 Å². The number of hydrogen-bond donors (Lipinski definition) is 4. The molecule has 4 N–H and O–H groups in total. The third kappa shape index (κ3) is 13.0. The Hall–Kier alpha value is -8.44. The molecule has 0 bridgehead atoms. The molecule has 10 rings (SSSR count). The van der Waals surface area contributed by atoms with Gasteiger partial charge in [0.1, 0.15) is 23.1 Å². The number of halogens is 8. The van der Waals surface area contributed by atoms with Crippen LogP contribution in [0.3, 0.4) is 0 Å². The van der Waals surface area contributed by atoms with Crippen molar-refractivity contribution < 1.29 is 81.2 Å². The largest absolute Gasteiger partial charge is 0.516 e. The summed E-state index contributed by atoms with van der Waals surface area (Å²) in [5, 5.41) is 22.2. The number of benzene rings is 8. The van der Waals surface area contributed by atoms with E-state index < -0.39 is 77.8 Å². The molecule has 8 aromatic carbocycles. The summed E-state index contributed by atoms with van der Waals surface area (Å²) in [6, 6.07) is 49.8. The number of ether oxygens (including phenoxy) is 2. The highest BCUT2D eigenvalue weighted by Gasteiger charge is 2.48. The summed E-state index contributed by atoms with van der Waals surface area (Å²) in [6.07, 6.45) is -0.763. The molecule has 82 heavy (non-hydrogen) atoms. The van der Waals surface area contributed by atoms with E-state index in [2.05, 4.69) is 0 Å². The highest BCUT2D eigenvalue weighted by molar-refractivity contribution is 7.91. The van der Waals surface area contributed by atoms with Gasteiger partial charge in [-0.05, 0) is 117 Å². The number of nitrogens with one attached hydrogen (secondary N) is 2. The molecule has 2 aliphatic rings. The fourth-order valence-corrected chi connectivity index (χ4v) is 10.4. The van der Waals surface area contributed by atoms with Gasteiger partial charge in [-0.1, -0.05) is 133 Å². The van der Waals surface area contributed by atoms with Gasteiger partial charge in [0, 0.05) is 34.1 Å². The Morgan fingerprint density at radius 3 is 1.12 bits per heavy atom. The van der Waals surface area contributed by atoms with Gasteiger partial charge >= 0.3 is 31.1 Å². The van der Waals surface area contributed by atoms with Crippen molar-refractivity contribution in [2.75, 3.05) is 13.2 Å². The van der Waals surface area contributed by atoms with Gasteiger partial charge in [0.2, 0.25) is 0 Å². The van der Waals surface area contributed by atoms with Gasteiger partial charge in [-0.2, -0.15) is 43.2 Å². The van der Waals surface area contributed by atoms with Crippen LogP contribution in [0.25, 0.3) is 44.5 Å². The topological polar surface area (TPSA) is 185 Å². The summed E-state index contributed by atoms with van der Waals surface area (Å²) in [5.74, 6) is -4.80. The Kier molecular flexibility index (Phi) is 16.7. The molecule has 0 saturated carbocycles. The fraction of sp³-hybridized carbons (Fsp3) is 0.167. The van der Waals surface area contributed by atoms with Gasteiger partial charge < -0.3 is 19.7 Å². The molecule has 0 aliphatic carbocycles. The molecule has 0 radical (unpaired) electrons. The lowest BCUT2D eigenvalue weighted by atomic mass is 9.86. The molecule has 8 aromatic rings. The molecular weight excluding hydrogens is 1120 g/mol. The zero-order chi connectivity index (χ0) is 58.7. The predicted molar refractivity (Wildman–Crippen MR) is 288 cm³/mol. The lowest BCUT2D eigenvalue weighted by molar-refractivity contribution is -0.0451. The SMILES string of the molecule is O=C(NS(=O)(=O)C(F)(F)F)c1ccc(F)cc1-c1ccc2c(c1)OC[C@@H](Cc1ccc(-c3ccccc3)cc1)[C@@H]2O.O=C(NS(=O)(=O)C(F)(F)F)c1ccc(F)cc1-c1ccc2c(c1)OC[C@H](Cc1ccc(-c3ccccc3)cc1)[C@H]2O. The van der Waals surface area contributed by atoms with Crippen molar-refractivity contribution in [3.8, 4) is 56.0 Å². The van der Waals surface area contributed by atoms with E-state index in [4.69, 9.17) is 9.47 Å². The molecule has 0 spiro atoms. The monoisotopic (exact) mass is 1170 g/mol. The van der Waals surface area contributed by atoms with Crippen LogP contribution in [0.15, 0.2) is 182 Å². The maximum atomic E-state index is 14.1. The van der Waals surface area contributed by atoms with Crippen molar-refractivity contribution in [3.05, 3.63) is 227 Å². The maximum absolute atomic E-state index is 14.1. The first-order valence-electron chi connectivity index (χ1n) is 24.9. The second-order valence-corrected chi connectivity index (χ2v) is 22.6. The van der Waals surface area contributed by atoms with Crippen LogP contribution < -0.4 is 18.9 Å². The average molecular weight is 1170 g/mol. The highest BCUT2D eigenvalue weighted by Crippen LogP contribution is 2.42. The molecule has 0 saturated heterocycles. The number of hydrogen-bond acceptors (Lipinski definition) is 10. The zero-order valence-electron chi connectivity index (χ0n) is 42.5. The number of carbonyl (C=O) groups is 2. The quantitative estimate of drug-likeness (QED) is 0.0858. The molecule has 0 unspecified atom stereocenters. The number of aliphatic hydroxyl groups excluding tert-OH is 2. The third-order valence-electron chi connectivity index (χ3n) is 13.7. The Bertz CT molecular complexity index is 3640. The van der Waals surface area contributed by atoms with E-state index in [0.717, 1.165) is 79.2 Å². The summed E-state index contributed by atoms with van der Waals surface area (Å²) < 4.78 is 164. The first kappa shape index (κ1) is 58.2. The van der Waals surface area contributed by atoms with Crippen LogP contribution in [-0.2, 0) is 32.9 Å². The summed E-state index contributed by atoms with van der Waals surface area (Å²) in [7, 11) is -12.0. The highest BCUT2D eigenvalue weighted by atomic mass is 32.2. The van der Waals surface area contributed by atoms with E-state index >= 15 is 0 Å². The van der Waals surface area contributed by atoms with Crippen molar-refractivity contribution in [2.24, 2.45) is 11.8 Å². The molecule has 12 nitrogen and oxygen atoms in total. The molecule has 0 fully saturated rings. The number of alkyl halides is 6. The van der Waals surface area contributed by atoms with Crippen LogP contribution in [0.1, 0.15) is 55.2 Å². The van der Waals surface area contributed by atoms with Gasteiger partial charge in [0.15, 0.2) is 0 Å². The zero-order valence-corrected chi connectivity index (χ0v) is 44.1. The number of fused-ring (bicyclic) bond motifs is 2. The minimum Gasteiger partial charge on any atom is -0.493 e. The molecule has 22 heteroatoms. The predicted octanol–water partition coefficient (Wildman–Crippen LogP) is 12.0. The molecule has 0 aromatic heterocycles. The third-order valence-corrected chi connectivity index (χ3v) is 15.8. The second kappa shape index (κ2) is 23.6. The summed E-state index contributed by atoms with van der Waals surface area (Å²) in [5.41, 5.74) is -5.13. The van der Waals surface area contributed by atoms with E-state index in [9.17, 15) is 71.8 Å². The molecular formula is C60H46F8N2O10S2. The van der Waals surface area contributed by atoms with Gasteiger partial charge in [-0.3, -0.25) is 9.59 Å². The van der Waals surface area contributed by atoms with E-state index in [-0.39, 0.29) is 58.8 Å². The normalized spacial score (nSPS) is 16.9. The lowest BCUT2D eigenvalue weighted by Gasteiger charge is -2.31. The molecule has 2 heterocycles. The van der Waals surface area contributed by atoms with Gasteiger partial charge in [-0.25, -0.2) is 18.2 Å². The number of amides is 2. The molecule has 2 amide bonds. The van der Waals surface area contributed by atoms with Gasteiger partial charge in [0.05, 0.1) is 25.4 Å². The van der Waals surface area contributed by atoms with E-state index in [1.165, 1.54) is 36.4 Å². The number of aliphatic hydroxyl groups is 2. The Morgan fingerprint density at radius 1 is 0.451 bits per heavy atom. The van der Waals surface area contributed by atoms with E-state index in [0.29, 0.717) is 24.0 Å². The summed E-state index contributed by atoms with van der Waals surface area (Å²) in [6.45, 7) is 0.302. The average Bonchev–Trinajstić information content (AvgIpc) is 3.50. The van der Waals surface area contributed by atoms with E-state index in [1.54, 1.807) is 0 Å². The molecule has 2 aliphatic heterocycles. The smallest absolute Gasteiger partial charge is 0.493 e. The van der Waals surface area contributed by atoms with Crippen LogP contribution in [0.5, 0.6) is 11.5 Å². The van der Waals surface area contributed by atoms with Gasteiger partial charge in [0.25, 0.3) is 11.8 Å². The summed E-state index contributed by atoms with van der Waals surface area (Å²) in [4.78, 5) is 25.0. The minimum atomic E-state index is -5.98. The van der Waals surface area contributed by atoms with Gasteiger partial charge in [-0.15, -0.1) is 0 Å². The van der Waals surface area contributed by atoms with Crippen LogP contribution in [0.4, 0.5) is 35.1 Å². The Balaban J connectivity index is 0.000000198. The van der Waals surface area contributed by atoms with Crippen LogP contribution in [0, 0.1) is 23.5 Å². The Labute approximate surface area is 464 Å². The number of rotatable bonds is 12. The van der Waals surface area contributed by atoms with Crippen molar-refractivity contribution in [2.45, 2.75) is 36.1 Å². The maximum Gasteiger partial charge on any atom is 0.516 e. The number of sulfonamides is 2. The van der Waals surface area contributed by atoms with Crippen LogP contribution in [-0.4, -0.2) is 63.1 Å². The second-order valence-electron chi connectivity index (χ2n) is 19.2. The first-order valence-corrected chi connectivity index (χ1v) is 27.9. The number of carbonyl (C=O) groups excluding carboxylic acids is 2. The van der Waals surface area contributed by atoms with Crippen molar-refractivity contribution in [1.29, 1.82) is 0 Å². The van der Waals surface area contributed by atoms with E-state index in [1.807, 2.05) is 109 Å². The Morgan fingerprint density at radius 2 is 0.780 bits per heavy atom. The first-order chi connectivity index (χ1) is 38.9. The summed E-state index contributed by atoms with van der Waals surface area (Å²) >= 11 is 0. The van der Waals surface area contributed by atoms with Crippen molar-refractivity contribution in [1.82, 2.24) is 9.44 Å². The molecule has 424 valence electrons. The molecule has 4 atom stereocenters. The standard InChI is InChI=1S/2C30H23F4NO5S/c2*31-23-11-13-24(29(37)35-41(38,39)30(32,33)34)26(16-23)21-10-12-25-27(15-21)40-17-22(28(25)36)14-18-6-8-20(9-7-18)19-4-2-1-3-5-19/h2*1-13,15-16,22,28,36H,14,17H2,(H,35,37)/t2*22-,28+/m10/s1. The van der Waals surface area contributed by atoms with Crippen molar-refractivity contribution in [3.63, 3.8) is 0 Å². The minimum absolute atomic E-state index is 0.151. The fourth-order valence-electron chi connectivity index (χ4n) is 9.48. The van der Waals surface area contributed by atoms with Crippen LogP contribution in [0.2, 0.25) is 0 Å². The van der Waals surface area contributed by atoms with Crippen molar-refractivity contribution >= 4 is 31.9 Å².